The molecule has 0 fully saturated rings. The third-order valence-electron chi connectivity index (χ3n) is 2.88. The van der Waals surface area contributed by atoms with Crippen LogP contribution in [0.5, 0.6) is 0 Å². The molecule has 0 unspecified atom stereocenters. The zero-order valence-corrected chi connectivity index (χ0v) is 9.57. The highest BCUT2D eigenvalue weighted by Crippen LogP contribution is 2.36. The normalized spacial score (nSPS) is 11.9. The Bertz CT molecular complexity index is 717. The summed E-state index contributed by atoms with van der Waals surface area (Å²) in [5.41, 5.74) is 0.825. The van der Waals surface area contributed by atoms with Gasteiger partial charge in [0.25, 0.3) is 0 Å². The van der Waals surface area contributed by atoms with Crippen LogP contribution in [0.4, 0.5) is 13.2 Å². The smallest absolute Gasteiger partial charge is 0.278 e. The second-order valence-corrected chi connectivity index (χ2v) is 4.09. The summed E-state index contributed by atoms with van der Waals surface area (Å²) in [7, 11) is 0. The van der Waals surface area contributed by atoms with Crippen molar-refractivity contribution in [3.8, 4) is 11.1 Å². The van der Waals surface area contributed by atoms with E-state index in [9.17, 15) is 13.2 Å². The van der Waals surface area contributed by atoms with Gasteiger partial charge in [0.05, 0.1) is 17.3 Å². The van der Waals surface area contributed by atoms with Crippen LogP contribution in [0.2, 0.25) is 0 Å². The zero-order valence-electron chi connectivity index (χ0n) is 9.57. The number of nitrogens with zero attached hydrogens (tertiary/aromatic N) is 2. The molecule has 0 saturated carbocycles. The third-order valence-corrected chi connectivity index (χ3v) is 2.88. The van der Waals surface area contributed by atoms with E-state index in [0.29, 0.717) is 22.0 Å². The molecule has 0 atom stereocenters. The molecule has 2 heterocycles. The van der Waals surface area contributed by atoms with Gasteiger partial charge in [0.15, 0.2) is 0 Å². The molecule has 0 aliphatic carbocycles. The Morgan fingerprint density at radius 1 is 1.05 bits per heavy atom. The number of aromatic nitrogens is 3. The van der Waals surface area contributed by atoms with Gasteiger partial charge in [-0.25, -0.2) is 0 Å². The van der Waals surface area contributed by atoms with Crippen molar-refractivity contribution in [2.45, 2.75) is 6.18 Å². The SMILES string of the molecule is FC(F)(F)c1cc(-c2ccncc2)c2cn[nH]c2c1. The summed E-state index contributed by atoms with van der Waals surface area (Å²) in [5.74, 6) is 0. The zero-order chi connectivity index (χ0) is 13.5. The van der Waals surface area contributed by atoms with Gasteiger partial charge in [0.2, 0.25) is 0 Å². The van der Waals surface area contributed by atoms with Crippen LogP contribution < -0.4 is 0 Å². The second kappa shape index (κ2) is 4.08. The lowest BCUT2D eigenvalue weighted by atomic mass is 10.00. The van der Waals surface area contributed by atoms with E-state index >= 15 is 0 Å². The summed E-state index contributed by atoms with van der Waals surface area (Å²) < 4.78 is 38.6. The van der Waals surface area contributed by atoms with Crippen LogP contribution in [0.1, 0.15) is 5.56 Å². The van der Waals surface area contributed by atoms with Gasteiger partial charge in [-0.05, 0) is 35.4 Å². The highest BCUT2D eigenvalue weighted by molar-refractivity contribution is 5.94. The van der Waals surface area contributed by atoms with E-state index in [1.807, 2.05) is 0 Å². The van der Waals surface area contributed by atoms with Gasteiger partial charge >= 0.3 is 6.18 Å². The van der Waals surface area contributed by atoms with Crippen molar-refractivity contribution in [3.05, 3.63) is 48.4 Å². The van der Waals surface area contributed by atoms with E-state index < -0.39 is 11.7 Å². The minimum atomic E-state index is -4.39. The molecule has 6 heteroatoms. The first-order valence-corrected chi connectivity index (χ1v) is 5.50. The predicted octanol–water partition coefficient (Wildman–Crippen LogP) is 3.64. The van der Waals surface area contributed by atoms with Crippen LogP contribution >= 0.6 is 0 Å². The average molecular weight is 263 g/mol. The number of H-pyrrole nitrogens is 1. The van der Waals surface area contributed by atoms with Crippen LogP contribution in [0.3, 0.4) is 0 Å². The Morgan fingerprint density at radius 2 is 1.79 bits per heavy atom. The quantitative estimate of drug-likeness (QED) is 0.728. The number of rotatable bonds is 1. The maximum atomic E-state index is 12.9. The van der Waals surface area contributed by atoms with E-state index in [-0.39, 0.29) is 0 Å². The van der Waals surface area contributed by atoms with Crippen molar-refractivity contribution in [1.29, 1.82) is 0 Å². The summed E-state index contributed by atoms with van der Waals surface area (Å²) in [4.78, 5) is 3.86. The first kappa shape index (κ1) is 11.7. The van der Waals surface area contributed by atoms with Gasteiger partial charge in [-0.15, -0.1) is 0 Å². The lowest BCUT2D eigenvalue weighted by Gasteiger charge is -2.10. The molecular weight excluding hydrogens is 255 g/mol. The van der Waals surface area contributed by atoms with Gasteiger partial charge < -0.3 is 0 Å². The average Bonchev–Trinajstić information content (AvgIpc) is 2.85. The molecule has 0 saturated heterocycles. The van der Waals surface area contributed by atoms with Crippen molar-refractivity contribution in [1.82, 2.24) is 15.2 Å². The molecule has 0 spiro atoms. The highest BCUT2D eigenvalue weighted by Gasteiger charge is 2.31. The van der Waals surface area contributed by atoms with Crippen molar-refractivity contribution >= 4 is 10.9 Å². The molecule has 0 bridgehead atoms. The van der Waals surface area contributed by atoms with Crippen LogP contribution in [-0.2, 0) is 6.18 Å². The van der Waals surface area contributed by atoms with Crippen LogP contribution in [0, 0.1) is 0 Å². The number of pyridine rings is 1. The molecular formula is C13H8F3N3. The summed E-state index contributed by atoms with van der Waals surface area (Å²) in [6.07, 6.45) is 0.218. The van der Waals surface area contributed by atoms with Crippen molar-refractivity contribution in [3.63, 3.8) is 0 Å². The summed E-state index contributed by atoms with van der Waals surface area (Å²) >= 11 is 0. The fourth-order valence-corrected chi connectivity index (χ4v) is 1.99. The Balaban J connectivity index is 2.31. The summed E-state index contributed by atoms with van der Waals surface area (Å²) in [6.45, 7) is 0. The Morgan fingerprint density at radius 3 is 2.47 bits per heavy atom. The van der Waals surface area contributed by atoms with E-state index in [0.717, 1.165) is 12.1 Å². The van der Waals surface area contributed by atoms with E-state index in [4.69, 9.17) is 0 Å². The number of hydrogen-bond acceptors (Lipinski definition) is 2. The maximum absolute atomic E-state index is 12.9. The largest absolute Gasteiger partial charge is 0.416 e. The van der Waals surface area contributed by atoms with Gasteiger partial charge in [-0.3, -0.25) is 10.1 Å². The maximum Gasteiger partial charge on any atom is 0.416 e. The predicted molar refractivity (Wildman–Crippen MR) is 64.3 cm³/mol. The molecule has 0 radical (unpaired) electrons. The van der Waals surface area contributed by atoms with E-state index in [1.165, 1.54) is 6.20 Å². The van der Waals surface area contributed by atoms with Crippen molar-refractivity contribution < 1.29 is 13.2 Å². The topological polar surface area (TPSA) is 41.6 Å². The summed E-state index contributed by atoms with van der Waals surface area (Å²) in [6, 6.07) is 5.53. The molecule has 2 aromatic heterocycles. The Kier molecular flexibility index (Phi) is 2.51. The number of halogens is 3. The standard InChI is InChI=1S/C13H8F3N3/c14-13(15,16)9-5-10(8-1-3-17-4-2-8)11-7-18-19-12(11)6-9/h1-7H,(H,18,19). The lowest BCUT2D eigenvalue weighted by molar-refractivity contribution is -0.137. The van der Waals surface area contributed by atoms with Crippen molar-refractivity contribution in [2.24, 2.45) is 0 Å². The molecule has 0 amide bonds. The van der Waals surface area contributed by atoms with Crippen LogP contribution in [-0.4, -0.2) is 15.2 Å². The molecule has 3 nitrogen and oxygen atoms in total. The minimum absolute atomic E-state index is 0.363. The molecule has 3 rings (SSSR count). The fraction of sp³-hybridized carbons (Fsp3) is 0.0769. The third kappa shape index (κ3) is 2.05. The molecule has 1 N–H and O–H groups in total. The second-order valence-electron chi connectivity index (χ2n) is 4.09. The molecule has 0 aliphatic heterocycles. The van der Waals surface area contributed by atoms with Gasteiger partial charge in [-0.1, -0.05) is 0 Å². The summed E-state index contributed by atoms with van der Waals surface area (Å²) in [5, 5.41) is 7.03. The number of fused-ring (bicyclic) bond motifs is 1. The first-order valence-electron chi connectivity index (χ1n) is 5.50. The van der Waals surface area contributed by atoms with E-state index in [1.54, 1.807) is 24.5 Å². The van der Waals surface area contributed by atoms with Gasteiger partial charge in [0.1, 0.15) is 0 Å². The monoisotopic (exact) mass is 263 g/mol. The van der Waals surface area contributed by atoms with E-state index in [2.05, 4.69) is 15.2 Å². The molecule has 0 aliphatic rings. The number of hydrogen-bond donors (Lipinski definition) is 1. The van der Waals surface area contributed by atoms with Crippen LogP contribution in [0.25, 0.3) is 22.0 Å². The Labute approximate surface area is 106 Å². The first-order chi connectivity index (χ1) is 9.05. The number of nitrogens with one attached hydrogen (secondary N) is 1. The highest BCUT2D eigenvalue weighted by atomic mass is 19.4. The Hall–Kier alpha value is -2.37. The van der Waals surface area contributed by atoms with Crippen LogP contribution in [0.15, 0.2) is 42.9 Å². The number of benzene rings is 1. The number of alkyl halides is 3. The molecule has 96 valence electrons. The lowest BCUT2D eigenvalue weighted by Crippen LogP contribution is -2.05. The molecule has 1 aromatic carbocycles. The molecule has 3 aromatic rings. The molecule has 19 heavy (non-hydrogen) atoms. The minimum Gasteiger partial charge on any atom is -0.278 e. The van der Waals surface area contributed by atoms with Gasteiger partial charge in [-0.2, -0.15) is 18.3 Å². The fourth-order valence-electron chi connectivity index (χ4n) is 1.99. The van der Waals surface area contributed by atoms with Gasteiger partial charge in [0, 0.05) is 17.8 Å². The van der Waals surface area contributed by atoms with Crippen molar-refractivity contribution in [2.75, 3.05) is 0 Å². The number of aromatic amines is 1.